The summed E-state index contributed by atoms with van der Waals surface area (Å²) in [6.45, 7) is 5.33. The molecule has 0 fully saturated rings. The fourth-order valence-corrected chi connectivity index (χ4v) is 2.41. The van der Waals surface area contributed by atoms with Crippen molar-refractivity contribution >= 4 is 23.5 Å². The molecular formula is C21H26N2O7. The Morgan fingerprint density at radius 3 is 2.30 bits per heavy atom. The van der Waals surface area contributed by atoms with Crippen LogP contribution in [0.25, 0.3) is 0 Å². The van der Waals surface area contributed by atoms with Crippen LogP contribution in [0.4, 0.5) is 5.69 Å². The summed E-state index contributed by atoms with van der Waals surface area (Å²) in [7, 11) is 2.84. The van der Waals surface area contributed by atoms with Gasteiger partial charge in [-0.15, -0.1) is 0 Å². The zero-order valence-electron chi connectivity index (χ0n) is 17.6. The van der Waals surface area contributed by atoms with E-state index in [4.69, 9.17) is 18.6 Å². The third kappa shape index (κ3) is 5.76. The molecule has 1 heterocycles. The van der Waals surface area contributed by atoms with Crippen molar-refractivity contribution in [3.8, 4) is 11.5 Å². The molecule has 0 spiro atoms. The first-order valence-electron chi connectivity index (χ1n) is 9.34. The number of carbonyl (C=O) groups excluding carboxylic acids is 3. The summed E-state index contributed by atoms with van der Waals surface area (Å²) in [5, 5.41) is 5.33. The number of carbonyl (C=O) groups is 3. The van der Waals surface area contributed by atoms with Crippen LogP contribution in [0, 0.1) is 5.92 Å². The van der Waals surface area contributed by atoms with Gasteiger partial charge in [-0.25, -0.2) is 4.79 Å². The van der Waals surface area contributed by atoms with Gasteiger partial charge in [0, 0.05) is 18.2 Å². The van der Waals surface area contributed by atoms with Gasteiger partial charge in [-0.1, -0.05) is 13.8 Å². The van der Waals surface area contributed by atoms with E-state index in [1.54, 1.807) is 6.07 Å². The summed E-state index contributed by atoms with van der Waals surface area (Å²) in [6.07, 6.45) is 1.36. The van der Waals surface area contributed by atoms with Crippen molar-refractivity contribution in [1.82, 2.24) is 5.32 Å². The monoisotopic (exact) mass is 418 g/mol. The quantitative estimate of drug-likeness (QED) is 0.602. The minimum absolute atomic E-state index is 0.00253. The van der Waals surface area contributed by atoms with E-state index in [9.17, 15) is 14.4 Å². The zero-order valence-corrected chi connectivity index (χ0v) is 17.6. The predicted octanol–water partition coefficient (Wildman–Crippen LogP) is 2.87. The lowest BCUT2D eigenvalue weighted by Gasteiger charge is -2.18. The van der Waals surface area contributed by atoms with Crippen LogP contribution in [0.15, 0.2) is 34.9 Å². The Balaban J connectivity index is 2.22. The molecule has 0 radical (unpaired) electrons. The molecule has 0 unspecified atom stereocenters. The van der Waals surface area contributed by atoms with Crippen LogP contribution in [0.1, 0.15) is 41.7 Å². The summed E-state index contributed by atoms with van der Waals surface area (Å²) in [5.74, 6) is -0.940. The van der Waals surface area contributed by atoms with E-state index in [-0.39, 0.29) is 34.7 Å². The Labute approximate surface area is 174 Å². The molecule has 2 rings (SSSR count). The van der Waals surface area contributed by atoms with Gasteiger partial charge in [0.05, 0.1) is 31.7 Å². The normalized spacial score (nSPS) is 11.5. The minimum Gasteiger partial charge on any atom is -0.493 e. The topological polar surface area (TPSA) is 116 Å². The zero-order chi connectivity index (χ0) is 22.3. The molecule has 30 heavy (non-hydrogen) atoms. The van der Waals surface area contributed by atoms with Crippen LogP contribution >= 0.6 is 0 Å². The van der Waals surface area contributed by atoms with Crippen LogP contribution in [-0.4, -0.2) is 44.7 Å². The van der Waals surface area contributed by atoms with Crippen LogP contribution < -0.4 is 20.1 Å². The molecule has 0 aliphatic rings. The van der Waals surface area contributed by atoms with Gasteiger partial charge < -0.3 is 29.3 Å². The molecule has 1 aromatic heterocycles. The number of rotatable bonds is 9. The molecule has 0 saturated heterocycles. The van der Waals surface area contributed by atoms with Crippen LogP contribution in [0.5, 0.6) is 11.5 Å². The average Bonchev–Trinajstić information content (AvgIpc) is 3.26. The Morgan fingerprint density at radius 1 is 1.07 bits per heavy atom. The second-order valence-electron chi connectivity index (χ2n) is 6.86. The second-order valence-corrected chi connectivity index (χ2v) is 6.86. The maximum atomic E-state index is 12.7. The first kappa shape index (κ1) is 22.8. The van der Waals surface area contributed by atoms with Gasteiger partial charge in [-0.05, 0) is 25.0 Å². The number of hydrogen-bond acceptors (Lipinski definition) is 7. The Bertz CT molecular complexity index is 891. The van der Waals surface area contributed by atoms with Crippen molar-refractivity contribution in [2.24, 2.45) is 5.92 Å². The van der Waals surface area contributed by atoms with Crippen molar-refractivity contribution in [2.45, 2.75) is 26.8 Å². The number of hydrogen-bond donors (Lipinski definition) is 2. The first-order valence-corrected chi connectivity index (χ1v) is 9.34. The van der Waals surface area contributed by atoms with Crippen LogP contribution in [0.3, 0.4) is 0 Å². The van der Waals surface area contributed by atoms with E-state index in [2.05, 4.69) is 10.6 Å². The summed E-state index contributed by atoms with van der Waals surface area (Å²) in [4.78, 5) is 37.0. The lowest BCUT2D eigenvalue weighted by atomic mass is 10.1. The maximum Gasteiger partial charge on any atom is 0.340 e. The van der Waals surface area contributed by atoms with Crippen LogP contribution in [0.2, 0.25) is 0 Å². The number of methoxy groups -OCH3 is 2. The highest BCUT2D eigenvalue weighted by Gasteiger charge is 2.22. The van der Waals surface area contributed by atoms with E-state index >= 15 is 0 Å². The van der Waals surface area contributed by atoms with E-state index < -0.39 is 24.4 Å². The molecule has 0 aliphatic heterocycles. The second kappa shape index (κ2) is 10.3. The largest absolute Gasteiger partial charge is 0.493 e. The molecule has 2 N–H and O–H groups in total. The van der Waals surface area contributed by atoms with Gasteiger partial charge >= 0.3 is 5.97 Å². The molecule has 0 aliphatic carbocycles. The van der Waals surface area contributed by atoms with Gasteiger partial charge in [-0.3, -0.25) is 9.59 Å². The number of benzene rings is 1. The fraction of sp³-hybridized carbons (Fsp3) is 0.381. The number of furan rings is 1. The lowest BCUT2D eigenvalue weighted by molar-refractivity contribution is -0.125. The minimum atomic E-state index is -0.807. The van der Waals surface area contributed by atoms with Gasteiger partial charge in [0.15, 0.2) is 23.9 Å². The molecule has 0 saturated carbocycles. The van der Waals surface area contributed by atoms with Gasteiger partial charge in [0.25, 0.3) is 11.8 Å². The molecule has 1 atom stereocenters. The molecule has 2 amide bonds. The van der Waals surface area contributed by atoms with Crippen molar-refractivity contribution < 1.29 is 33.0 Å². The highest BCUT2D eigenvalue weighted by atomic mass is 16.5. The Kier molecular flexibility index (Phi) is 7.85. The molecule has 9 heteroatoms. The molecular weight excluding hydrogens is 392 g/mol. The first-order chi connectivity index (χ1) is 14.3. The predicted molar refractivity (Wildman–Crippen MR) is 109 cm³/mol. The Hall–Kier alpha value is -3.49. The summed E-state index contributed by atoms with van der Waals surface area (Å²) in [5.41, 5.74) is 0.118. The molecule has 9 nitrogen and oxygen atoms in total. The third-order valence-electron chi connectivity index (χ3n) is 4.46. The standard InChI is InChI=1S/C21H26N2O7/c1-12(2)13(3)22-19(24)11-30-21(26)14-9-17(27-4)18(28-5)10-15(14)23-20(25)16-7-6-8-29-16/h6-10,12-13H,11H2,1-5H3,(H,22,24)(H,23,25)/t13-/m1/s1. The van der Waals surface area contributed by atoms with Gasteiger partial charge in [0.1, 0.15) is 0 Å². The van der Waals surface area contributed by atoms with Gasteiger partial charge in [-0.2, -0.15) is 0 Å². The Morgan fingerprint density at radius 2 is 1.73 bits per heavy atom. The number of ether oxygens (including phenoxy) is 3. The summed E-state index contributed by atoms with van der Waals surface area (Å²) in [6, 6.07) is 5.77. The van der Waals surface area contributed by atoms with Crippen molar-refractivity contribution in [3.05, 3.63) is 41.9 Å². The van der Waals surface area contributed by atoms with Crippen molar-refractivity contribution in [3.63, 3.8) is 0 Å². The molecule has 2 aromatic rings. The number of amides is 2. The smallest absolute Gasteiger partial charge is 0.340 e. The summed E-state index contributed by atoms with van der Waals surface area (Å²) < 4.78 is 20.7. The number of esters is 1. The van der Waals surface area contributed by atoms with E-state index in [1.165, 1.54) is 38.7 Å². The molecule has 0 bridgehead atoms. The molecule has 1 aromatic carbocycles. The van der Waals surface area contributed by atoms with Gasteiger partial charge in [0.2, 0.25) is 0 Å². The highest BCUT2D eigenvalue weighted by molar-refractivity contribution is 6.07. The highest BCUT2D eigenvalue weighted by Crippen LogP contribution is 2.34. The fourth-order valence-electron chi connectivity index (χ4n) is 2.41. The van der Waals surface area contributed by atoms with E-state index in [1.807, 2.05) is 20.8 Å². The van der Waals surface area contributed by atoms with Crippen molar-refractivity contribution in [2.75, 3.05) is 26.1 Å². The van der Waals surface area contributed by atoms with E-state index in [0.717, 1.165) is 0 Å². The summed E-state index contributed by atoms with van der Waals surface area (Å²) >= 11 is 0. The maximum absolute atomic E-state index is 12.7. The molecule has 162 valence electrons. The number of anilines is 1. The SMILES string of the molecule is COc1cc(NC(=O)c2ccco2)c(C(=O)OCC(=O)N[C@H](C)C(C)C)cc1OC. The number of nitrogens with one attached hydrogen (secondary N) is 2. The van der Waals surface area contributed by atoms with Crippen LogP contribution in [-0.2, 0) is 9.53 Å². The third-order valence-corrected chi connectivity index (χ3v) is 4.46. The average molecular weight is 418 g/mol. The van der Waals surface area contributed by atoms with E-state index in [0.29, 0.717) is 5.75 Å². The van der Waals surface area contributed by atoms with Crippen molar-refractivity contribution in [1.29, 1.82) is 0 Å². The lowest BCUT2D eigenvalue weighted by Crippen LogP contribution is -2.38.